The van der Waals surface area contributed by atoms with E-state index >= 15 is 0 Å². The molecule has 15 nitrogen and oxygen atoms in total. The molecule has 45 heavy (non-hydrogen) atoms. The number of aromatic hydroxyl groups is 1. The summed E-state index contributed by atoms with van der Waals surface area (Å²) in [6.45, 7) is 0. The molecule has 0 saturated heterocycles. The van der Waals surface area contributed by atoms with E-state index in [2.05, 4.69) is 25.6 Å². The second kappa shape index (κ2) is 12.2. The molecule has 0 aliphatic carbocycles. The summed E-state index contributed by atoms with van der Waals surface area (Å²) in [5, 5.41) is 48.9. The molecule has 0 saturated carbocycles. The SMILES string of the molecule is O=C(O)C1=NN(c2ccc(S(=O)(=O)O)cc2)C(=O)C1N=Nc1ccc(-c2ccc(N=Nc3ccc(O)c(C(=O)O)c3)cc2)cc1. The van der Waals surface area contributed by atoms with Gasteiger partial charge in [0, 0.05) is 0 Å². The van der Waals surface area contributed by atoms with Crippen molar-refractivity contribution in [1.29, 1.82) is 0 Å². The Balaban J connectivity index is 1.27. The Morgan fingerprint density at radius 3 is 1.80 bits per heavy atom. The lowest BCUT2D eigenvalue weighted by Crippen LogP contribution is -2.33. The minimum absolute atomic E-state index is 0.0633. The van der Waals surface area contributed by atoms with Gasteiger partial charge in [0.05, 0.1) is 27.6 Å². The summed E-state index contributed by atoms with van der Waals surface area (Å²) in [7, 11) is -4.47. The van der Waals surface area contributed by atoms with E-state index in [4.69, 9.17) is 9.66 Å². The number of carboxylic acids is 2. The van der Waals surface area contributed by atoms with Crippen LogP contribution in [0.25, 0.3) is 11.1 Å². The van der Waals surface area contributed by atoms with Crippen molar-refractivity contribution in [3.05, 3.63) is 96.6 Å². The zero-order valence-electron chi connectivity index (χ0n) is 22.7. The Morgan fingerprint density at radius 1 is 0.733 bits per heavy atom. The molecule has 16 heteroatoms. The Bertz CT molecular complexity index is 2010. The molecule has 1 aliphatic heterocycles. The summed E-state index contributed by atoms with van der Waals surface area (Å²) in [5.41, 5.74) is 1.88. The molecule has 226 valence electrons. The minimum Gasteiger partial charge on any atom is -0.507 e. The summed E-state index contributed by atoms with van der Waals surface area (Å²) >= 11 is 0. The highest BCUT2D eigenvalue weighted by Crippen LogP contribution is 2.29. The van der Waals surface area contributed by atoms with E-state index < -0.39 is 44.6 Å². The normalized spacial score (nSPS) is 15.1. The van der Waals surface area contributed by atoms with Crippen LogP contribution in [-0.4, -0.2) is 57.9 Å². The summed E-state index contributed by atoms with van der Waals surface area (Å²) in [6.07, 6.45) is 0. The summed E-state index contributed by atoms with van der Waals surface area (Å²) in [6, 6.07) is 20.4. The number of aromatic carboxylic acids is 1. The van der Waals surface area contributed by atoms with Gasteiger partial charge in [0.2, 0.25) is 6.04 Å². The van der Waals surface area contributed by atoms with Crippen LogP contribution in [-0.2, 0) is 19.7 Å². The van der Waals surface area contributed by atoms with E-state index in [0.717, 1.165) is 28.3 Å². The minimum atomic E-state index is -4.47. The van der Waals surface area contributed by atoms with Crippen molar-refractivity contribution in [2.24, 2.45) is 25.6 Å². The topological polar surface area (TPSA) is 231 Å². The Labute approximate surface area is 253 Å². The molecule has 0 bridgehead atoms. The molecule has 0 fully saturated rings. The van der Waals surface area contributed by atoms with Crippen LogP contribution in [0.3, 0.4) is 0 Å². The van der Waals surface area contributed by atoms with Crippen LogP contribution in [0.5, 0.6) is 5.75 Å². The van der Waals surface area contributed by atoms with Crippen LogP contribution in [0.15, 0.2) is 121 Å². The first kappa shape index (κ1) is 30.3. The number of phenols is 1. The van der Waals surface area contributed by atoms with Crippen molar-refractivity contribution in [3.63, 3.8) is 0 Å². The number of nitrogens with zero attached hydrogens (tertiary/aromatic N) is 6. The first-order valence-corrected chi connectivity index (χ1v) is 14.2. The van der Waals surface area contributed by atoms with Crippen molar-refractivity contribution in [2.75, 3.05) is 5.01 Å². The number of rotatable bonds is 9. The maximum atomic E-state index is 13.0. The summed E-state index contributed by atoms with van der Waals surface area (Å²) in [4.78, 5) is 35.5. The van der Waals surface area contributed by atoms with Gasteiger partial charge in [-0.25, -0.2) is 9.59 Å². The maximum absolute atomic E-state index is 13.0. The van der Waals surface area contributed by atoms with E-state index in [1.54, 1.807) is 48.5 Å². The van der Waals surface area contributed by atoms with Gasteiger partial charge in [0.1, 0.15) is 11.3 Å². The van der Waals surface area contributed by atoms with E-state index in [1.165, 1.54) is 30.3 Å². The third-order valence-corrected chi connectivity index (χ3v) is 7.22. The predicted molar refractivity (Wildman–Crippen MR) is 158 cm³/mol. The first-order chi connectivity index (χ1) is 21.4. The van der Waals surface area contributed by atoms with Crippen LogP contribution in [0, 0.1) is 0 Å². The smallest absolute Gasteiger partial charge is 0.355 e. The molecule has 1 unspecified atom stereocenters. The van der Waals surface area contributed by atoms with Crippen molar-refractivity contribution in [2.45, 2.75) is 10.9 Å². The number of azo groups is 2. The fourth-order valence-corrected chi connectivity index (χ4v) is 4.57. The fourth-order valence-electron chi connectivity index (χ4n) is 4.09. The molecule has 4 aromatic rings. The molecule has 1 atom stereocenters. The van der Waals surface area contributed by atoms with Gasteiger partial charge in [0.15, 0.2) is 5.71 Å². The van der Waals surface area contributed by atoms with Crippen LogP contribution in [0.4, 0.5) is 22.7 Å². The molecule has 4 aromatic carbocycles. The van der Waals surface area contributed by atoms with Gasteiger partial charge in [-0.15, -0.1) is 0 Å². The van der Waals surface area contributed by atoms with E-state index in [9.17, 15) is 33.0 Å². The van der Waals surface area contributed by atoms with E-state index in [-0.39, 0.29) is 22.7 Å². The van der Waals surface area contributed by atoms with Gasteiger partial charge in [-0.1, -0.05) is 24.3 Å². The van der Waals surface area contributed by atoms with Crippen LogP contribution >= 0.6 is 0 Å². The average molecular weight is 629 g/mol. The van der Waals surface area contributed by atoms with Gasteiger partial charge in [-0.3, -0.25) is 9.35 Å². The molecule has 1 amide bonds. The second-order valence-electron chi connectivity index (χ2n) is 9.33. The highest BCUT2D eigenvalue weighted by atomic mass is 32.2. The number of hydrogen-bond donors (Lipinski definition) is 4. The lowest BCUT2D eigenvalue weighted by molar-refractivity contribution is -0.130. The predicted octanol–water partition coefficient (Wildman–Crippen LogP) is 5.36. The summed E-state index contributed by atoms with van der Waals surface area (Å²) < 4.78 is 31.7. The Morgan fingerprint density at radius 2 is 1.27 bits per heavy atom. The quantitative estimate of drug-likeness (QED) is 0.138. The molecule has 0 aromatic heterocycles. The highest BCUT2D eigenvalue weighted by Gasteiger charge is 2.41. The van der Waals surface area contributed by atoms with Gasteiger partial charge in [-0.2, -0.15) is 39.0 Å². The largest absolute Gasteiger partial charge is 0.507 e. The maximum Gasteiger partial charge on any atom is 0.355 e. The number of hydrogen-bond acceptors (Lipinski definition) is 11. The molecule has 1 aliphatic rings. The second-order valence-corrected chi connectivity index (χ2v) is 10.7. The first-order valence-electron chi connectivity index (χ1n) is 12.7. The molecule has 0 radical (unpaired) electrons. The molecule has 0 spiro atoms. The van der Waals surface area contributed by atoms with Gasteiger partial charge in [0.25, 0.3) is 16.0 Å². The van der Waals surface area contributed by atoms with Crippen molar-refractivity contribution < 1.29 is 42.7 Å². The molecular weight excluding hydrogens is 608 g/mol. The molecule has 1 heterocycles. The zero-order chi connectivity index (χ0) is 32.3. The van der Waals surface area contributed by atoms with E-state index in [0.29, 0.717) is 11.4 Å². The molecule has 5 rings (SSSR count). The number of carboxylic acid groups (broad SMARTS) is 2. The van der Waals surface area contributed by atoms with Crippen LogP contribution < -0.4 is 5.01 Å². The third-order valence-electron chi connectivity index (χ3n) is 6.36. The van der Waals surface area contributed by atoms with Crippen molar-refractivity contribution in [1.82, 2.24) is 0 Å². The number of amides is 1. The fraction of sp³-hybridized carbons (Fsp3) is 0.0345. The Kier molecular flexibility index (Phi) is 8.25. The number of benzene rings is 4. The summed E-state index contributed by atoms with van der Waals surface area (Å²) in [5.74, 6) is -3.98. The molecule has 4 N–H and O–H groups in total. The number of aliphatic carboxylic acids is 1. The monoisotopic (exact) mass is 628 g/mol. The van der Waals surface area contributed by atoms with Crippen LogP contribution in [0.1, 0.15) is 10.4 Å². The van der Waals surface area contributed by atoms with E-state index in [1.807, 2.05) is 0 Å². The van der Waals surface area contributed by atoms with Crippen LogP contribution in [0.2, 0.25) is 0 Å². The van der Waals surface area contributed by atoms with Gasteiger partial charge in [-0.05, 0) is 77.9 Å². The lowest BCUT2D eigenvalue weighted by Gasteiger charge is -2.12. The van der Waals surface area contributed by atoms with Crippen molar-refractivity contribution >= 4 is 56.4 Å². The van der Waals surface area contributed by atoms with Gasteiger partial charge < -0.3 is 15.3 Å². The number of carbonyl (C=O) groups is 3. The number of carbonyl (C=O) groups excluding carboxylic acids is 1. The van der Waals surface area contributed by atoms with Gasteiger partial charge >= 0.3 is 11.9 Å². The Hall–Kier alpha value is -6.13. The average Bonchev–Trinajstić information content (AvgIpc) is 3.35. The number of hydrazone groups is 1. The highest BCUT2D eigenvalue weighted by molar-refractivity contribution is 7.85. The number of anilines is 1. The standard InChI is InChI=1S/C29H20N6O9S/c36-24-14-9-20(15-23(24)28(38)39)32-30-18-5-1-16(2-6-18)17-3-7-19(8-4-17)31-33-25-26(29(40)41)34-35(27(25)37)21-10-12-22(13-11-21)45(42,43)44/h1-15,25,36H,(H,38,39)(H,40,41)(H,42,43,44). The molecular formula is C29H20N6O9S. The van der Waals surface area contributed by atoms with Crippen molar-refractivity contribution in [3.8, 4) is 16.9 Å². The third kappa shape index (κ3) is 6.76. The zero-order valence-corrected chi connectivity index (χ0v) is 23.5. The lowest BCUT2D eigenvalue weighted by atomic mass is 10.1.